The van der Waals surface area contributed by atoms with Crippen molar-refractivity contribution < 1.29 is 4.79 Å². The second kappa shape index (κ2) is 9.15. The number of hydrogen-bond donors (Lipinski definition) is 2. The van der Waals surface area contributed by atoms with E-state index in [9.17, 15) is 4.79 Å². The summed E-state index contributed by atoms with van der Waals surface area (Å²) in [6.07, 6.45) is 1.71. The van der Waals surface area contributed by atoms with Gasteiger partial charge in [-0.15, -0.1) is 0 Å². The summed E-state index contributed by atoms with van der Waals surface area (Å²) in [6.45, 7) is 4.25. The molecule has 5 nitrogen and oxygen atoms in total. The number of amides is 1. The van der Waals surface area contributed by atoms with Crippen LogP contribution in [0.1, 0.15) is 27.2 Å². The van der Waals surface area contributed by atoms with Crippen molar-refractivity contribution >= 4 is 29.2 Å². The summed E-state index contributed by atoms with van der Waals surface area (Å²) < 4.78 is 0. The third-order valence-corrected chi connectivity index (χ3v) is 4.35. The van der Waals surface area contributed by atoms with E-state index >= 15 is 0 Å². The standard InChI is InChI=1S/C22H21ClN4O/c1-15-6-8-17(9-7-15)21(28)27-22(25-14-19-5-3-4-12-24-19)26-20-11-10-18(23)13-16(20)2/h3-13H,14H2,1-2H3,(H2,25,26,27,28). The second-order valence-corrected chi connectivity index (χ2v) is 6.83. The highest BCUT2D eigenvalue weighted by Gasteiger charge is 2.10. The first-order valence-electron chi connectivity index (χ1n) is 8.87. The predicted octanol–water partition coefficient (Wildman–Crippen LogP) is 4.75. The highest BCUT2D eigenvalue weighted by Crippen LogP contribution is 2.19. The van der Waals surface area contributed by atoms with Gasteiger partial charge in [0.2, 0.25) is 5.96 Å². The van der Waals surface area contributed by atoms with Crippen molar-refractivity contribution in [2.75, 3.05) is 5.32 Å². The van der Waals surface area contributed by atoms with Crippen molar-refractivity contribution in [1.29, 1.82) is 0 Å². The Morgan fingerprint density at radius 2 is 1.86 bits per heavy atom. The maximum Gasteiger partial charge on any atom is 0.257 e. The van der Waals surface area contributed by atoms with Crippen LogP contribution in [0.4, 0.5) is 5.69 Å². The Morgan fingerprint density at radius 3 is 2.54 bits per heavy atom. The number of nitrogens with zero attached hydrogens (tertiary/aromatic N) is 2. The van der Waals surface area contributed by atoms with E-state index in [1.54, 1.807) is 24.4 Å². The molecule has 2 aromatic carbocycles. The number of halogens is 1. The van der Waals surface area contributed by atoms with E-state index in [1.807, 2.05) is 56.3 Å². The van der Waals surface area contributed by atoms with Crippen molar-refractivity contribution in [2.45, 2.75) is 20.4 Å². The molecule has 6 heteroatoms. The van der Waals surface area contributed by atoms with E-state index < -0.39 is 0 Å². The van der Waals surface area contributed by atoms with E-state index in [-0.39, 0.29) is 5.91 Å². The van der Waals surface area contributed by atoms with Gasteiger partial charge in [0.05, 0.1) is 12.2 Å². The molecule has 2 N–H and O–H groups in total. The molecule has 0 unspecified atom stereocenters. The fourth-order valence-electron chi connectivity index (χ4n) is 2.54. The van der Waals surface area contributed by atoms with Crippen LogP contribution in [0.5, 0.6) is 0 Å². The minimum atomic E-state index is -0.237. The van der Waals surface area contributed by atoms with Gasteiger partial charge in [-0.1, -0.05) is 35.4 Å². The van der Waals surface area contributed by atoms with Gasteiger partial charge < -0.3 is 5.32 Å². The van der Waals surface area contributed by atoms with Gasteiger partial charge in [0.25, 0.3) is 5.91 Å². The van der Waals surface area contributed by atoms with Gasteiger partial charge in [0.15, 0.2) is 0 Å². The third kappa shape index (κ3) is 5.41. The van der Waals surface area contributed by atoms with E-state index in [2.05, 4.69) is 20.6 Å². The number of pyridine rings is 1. The predicted molar refractivity (Wildman–Crippen MR) is 114 cm³/mol. The van der Waals surface area contributed by atoms with Crippen molar-refractivity contribution in [2.24, 2.45) is 4.99 Å². The third-order valence-electron chi connectivity index (χ3n) is 4.11. The molecule has 0 aliphatic carbocycles. The van der Waals surface area contributed by atoms with Gasteiger partial charge in [-0.2, -0.15) is 0 Å². The minimum absolute atomic E-state index is 0.237. The number of carbonyl (C=O) groups is 1. The molecule has 1 aromatic heterocycles. The molecule has 0 radical (unpaired) electrons. The smallest absolute Gasteiger partial charge is 0.257 e. The largest absolute Gasteiger partial charge is 0.326 e. The van der Waals surface area contributed by atoms with Gasteiger partial charge in [-0.05, 0) is 61.9 Å². The number of aryl methyl sites for hydroxylation is 2. The average Bonchev–Trinajstić information content (AvgIpc) is 2.69. The molecule has 0 fully saturated rings. The number of carbonyl (C=O) groups excluding carboxylic acids is 1. The monoisotopic (exact) mass is 392 g/mol. The van der Waals surface area contributed by atoms with Gasteiger partial charge >= 0.3 is 0 Å². The molecule has 0 aliphatic rings. The molecule has 0 bridgehead atoms. The fourth-order valence-corrected chi connectivity index (χ4v) is 2.77. The van der Waals surface area contributed by atoms with Gasteiger partial charge in [0.1, 0.15) is 0 Å². The highest BCUT2D eigenvalue weighted by molar-refractivity contribution is 6.30. The van der Waals surface area contributed by atoms with Crippen LogP contribution in [0.15, 0.2) is 71.9 Å². The number of anilines is 1. The molecular formula is C22H21ClN4O. The molecule has 1 amide bonds. The van der Waals surface area contributed by atoms with Gasteiger partial charge in [-0.3, -0.25) is 15.1 Å². The Labute approximate surface area is 169 Å². The molecular weight excluding hydrogens is 372 g/mol. The van der Waals surface area contributed by atoms with Gasteiger partial charge in [-0.25, -0.2) is 4.99 Å². The first kappa shape index (κ1) is 19.6. The number of hydrogen-bond acceptors (Lipinski definition) is 3. The van der Waals surface area contributed by atoms with Crippen LogP contribution in [0.25, 0.3) is 0 Å². The molecule has 0 aliphatic heterocycles. The molecule has 1 heterocycles. The molecule has 28 heavy (non-hydrogen) atoms. The van der Waals surface area contributed by atoms with Crippen LogP contribution in [0, 0.1) is 13.8 Å². The fraction of sp³-hybridized carbons (Fsp3) is 0.136. The van der Waals surface area contributed by atoms with Crippen LogP contribution in [0.2, 0.25) is 5.02 Å². The first-order chi connectivity index (χ1) is 13.5. The lowest BCUT2D eigenvalue weighted by Crippen LogP contribution is -2.36. The lowest BCUT2D eigenvalue weighted by atomic mass is 10.1. The molecule has 3 aromatic rings. The summed E-state index contributed by atoms with van der Waals surface area (Å²) in [5.41, 5.74) is 4.22. The lowest BCUT2D eigenvalue weighted by Gasteiger charge is -2.14. The zero-order valence-electron chi connectivity index (χ0n) is 15.7. The Morgan fingerprint density at radius 1 is 1.07 bits per heavy atom. The topological polar surface area (TPSA) is 66.4 Å². The molecule has 0 spiro atoms. The summed E-state index contributed by atoms with van der Waals surface area (Å²) in [5, 5.41) is 6.69. The van der Waals surface area contributed by atoms with Gasteiger partial charge in [0, 0.05) is 22.5 Å². The van der Waals surface area contributed by atoms with Crippen LogP contribution < -0.4 is 10.6 Å². The maximum atomic E-state index is 12.6. The average molecular weight is 393 g/mol. The Hall–Kier alpha value is -3.18. The summed E-state index contributed by atoms with van der Waals surface area (Å²) in [4.78, 5) is 21.4. The summed E-state index contributed by atoms with van der Waals surface area (Å²) in [5.74, 6) is 0.112. The van der Waals surface area contributed by atoms with Crippen molar-refractivity contribution in [3.8, 4) is 0 Å². The van der Waals surface area contributed by atoms with Crippen molar-refractivity contribution in [3.63, 3.8) is 0 Å². The first-order valence-corrected chi connectivity index (χ1v) is 9.24. The van der Waals surface area contributed by atoms with Crippen molar-refractivity contribution in [3.05, 3.63) is 94.3 Å². The lowest BCUT2D eigenvalue weighted by molar-refractivity contribution is 0.0977. The van der Waals surface area contributed by atoms with E-state index in [0.29, 0.717) is 23.1 Å². The Balaban J connectivity index is 1.82. The SMILES string of the molecule is Cc1ccc(C(=O)NC(=NCc2ccccn2)Nc2ccc(Cl)cc2C)cc1. The number of benzene rings is 2. The van der Waals surface area contributed by atoms with Crippen LogP contribution in [-0.4, -0.2) is 16.9 Å². The molecule has 0 saturated heterocycles. The Bertz CT molecular complexity index is 985. The normalized spacial score (nSPS) is 11.2. The number of rotatable bonds is 4. The van der Waals surface area contributed by atoms with E-state index in [1.165, 1.54) is 0 Å². The zero-order valence-corrected chi connectivity index (χ0v) is 16.5. The van der Waals surface area contributed by atoms with E-state index in [0.717, 1.165) is 22.5 Å². The van der Waals surface area contributed by atoms with Crippen LogP contribution in [0.3, 0.4) is 0 Å². The number of nitrogens with one attached hydrogen (secondary N) is 2. The number of aliphatic imine (C=N–C) groups is 1. The van der Waals surface area contributed by atoms with Crippen LogP contribution >= 0.6 is 11.6 Å². The number of guanidine groups is 1. The quantitative estimate of drug-likeness (QED) is 0.497. The van der Waals surface area contributed by atoms with Crippen LogP contribution in [-0.2, 0) is 6.54 Å². The van der Waals surface area contributed by atoms with E-state index in [4.69, 9.17) is 11.6 Å². The summed E-state index contributed by atoms with van der Waals surface area (Å²) in [6, 6.07) is 18.5. The molecule has 0 atom stereocenters. The summed E-state index contributed by atoms with van der Waals surface area (Å²) >= 11 is 6.04. The molecule has 142 valence electrons. The zero-order chi connectivity index (χ0) is 19.9. The van der Waals surface area contributed by atoms with Crippen molar-refractivity contribution in [1.82, 2.24) is 10.3 Å². The maximum absolute atomic E-state index is 12.6. The molecule has 3 rings (SSSR count). The second-order valence-electron chi connectivity index (χ2n) is 6.39. The minimum Gasteiger partial charge on any atom is -0.326 e. The molecule has 0 saturated carbocycles. The summed E-state index contributed by atoms with van der Waals surface area (Å²) in [7, 11) is 0. The number of aromatic nitrogens is 1. The Kier molecular flexibility index (Phi) is 6.40. The highest BCUT2D eigenvalue weighted by atomic mass is 35.5.